The maximum Gasteiger partial charge on any atom is 0.191 e. The molecule has 6 nitrogen and oxygen atoms in total. The van der Waals surface area contributed by atoms with Gasteiger partial charge in [0.15, 0.2) is 29.2 Å². The van der Waals surface area contributed by atoms with Crippen LogP contribution >= 0.6 is 11.8 Å². The highest BCUT2D eigenvalue weighted by molar-refractivity contribution is 7.99. The SMILES string of the molecule is Nc1nc(SCC2CCCCC2)nc2c1NC(C=O)N2Cc1ccccc1. The van der Waals surface area contributed by atoms with Crippen molar-refractivity contribution in [1.29, 1.82) is 0 Å². The van der Waals surface area contributed by atoms with E-state index in [1.165, 1.54) is 32.1 Å². The third-order valence-electron chi connectivity index (χ3n) is 5.29. The van der Waals surface area contributed by atoms with Crippen LogP contribution < -0.4 is 16.0 Å². The summed E-state index contributed by atoms with van der Waals surface area (Å²) in [5.41, 5.74) is 7.96. The molecule has 1 aliphatic carbocycles. The van der Waals surface area contributed by atoms with Crippen LogP contribution in [0.25, 0.3) is 0 Å². The van der Waals surface area contributed by atoms with Gasteiger partial charge in [0.1, 0.15) is 5.69 Å². The van der Waals surface area contributed by atoms with Gasteiger partial charge in [-0.3, -0.25) is 4.79 Å². The molecule has 3 N–H and O–H groups in total. The largest absolute Gasteiger partial charge is 0.382 e. The van der Waals surface area contributed by atoms with E-state index in [0.717, 1.165) is 29.3 Å². The number of carbonyl (C=O) groups excluding carboxylic acids is 1. The van der Waals surface area contributed by atoms with Crippen LogP contribution in [0.4, 0.5) is 17.3 Å². The molecular weight excluding hydrogens is 358 g/mol. The van der Waals surface area contributed by atoms with Crippen molar-refractivity contribution in [2.75, 3.05) is 21.7 Å². The number of nitrogens with two attached hydrogens (primary N) is 1. The van der Waals surface area contributed by atoms with Gasteiger partial charge >= 0.3 is 0 Å². The maximum absolute atomic E-state index is 11.6. The third kappa shape index (κ3) is 4.03. The summed E-state index contributed by atoms with van der Waals surface area (Å²) in [7, 11) is 0. The summed E-state index contributed by atoms with van der Waals surface area (Å²) in [4.78, 5) is 22.8. The van der Waals surface area contributed by atoms with Gasteiger partial charge in [-0.1, -0.05) is 61.4 Å². The number of nitrogen functional groups attached to an aromatic ring is 1. The predicted molar refractivity (Wildman–Crippen MR) is 110 cm³/mol. The van der Waals surface area contributed by atoms with Gasteiger partial charge in [-0.15, -0.1) is 0 Å². The Kier molecular flexibility index (Phi) is 5.48. The monoisotopic (exact) mass is 383 g/mol. The molecule has 27 heavy (non-hydrogen) atoms. The number of hydrogen-bond acceptors (Lipinski definition) is 7. The summed E-state index contributed by atoms with van der Waals surface area (Å²) in [6, 6.07) is 10.1. The van der Waals surface area contributed by atoms with E-state index in [4.69, 9.17) is 10.7 Å². The van der Waals surface area contributed by atoms with Crippen molar-refractivity contribution in [2.45, 2.75) is 50.0 Å². The fourth-order valence-corrected chi connectivity index (χ4v) is 4.85. The lowest BCUT2D eigenvalue weighted by Gasteiger charge is -2.22. The molecule has 0 spiro atoms. The topological polar surface area (TPSA) is 84.1 Å². The zero-order chi connectivity index (χ0) is 18.6. The average Bonchev–Trinajstić information content (AvgIpc) is 3.06. The van der Waals surface area contributed by atoms with Crippen molar-refractivity contribution in [2.24, 2.45) is 5.92 Å². The molecule has 0 bridgehead atoms. The summed E-state index contributed by atoms with van der Waals surface area (Å²) < 4.78 is 0. The van der Waals surface area contributed by atoms with Crippen molar-refractivity contribution < 1.29 is 4.79 Å². The van der Waals surface area contributed by atoms with E-state index < -0.39 is 6.17 Å². The normalized spacial score (nSPS) is 19.6. The van der Waals surface area contributed by atoms with Gasteiger partial charge in [0.2, 0.25) is 0 Å². The number of thioether (sulfide) groups is 1. The third-order valence-corrected chi connectivity index (χ3v) is 6.37. The van der Waals surface area contributed by atoms with Gasteiger partial charge in [0.05, 0.1) is 0 Å². The Morgan fingerprint density at radius 2 is 1.96 bits per heavy atom. The maximum atomic E-state index is 11.6. The lowest BCUT2D eigenvalue weighted by atomic mass is 9.91. The molecule has 0 amide bonds. The number of nitrogens with one attached hydrogen (secondary N) is 1. The van der Waals surface area contributed by atoms with Gasteiger partial charge in [0.25, 0.3) is 0 Å². The van der Waals surface area contributed by atoms with Gasteiger partial charge in [-0.05, 0) is 24.3 Å². The molecule has 2 aliphatic rings. The molecule has 1 aliphatic heterocycles. The minimum Gasteiger partial charge on any atom is -0.382 e. The Morgan fingerprint density at radius 1 is 1.19 bits per heavy atom. The molecule has 1 unspecified atom stereocenters. The first-order chi connectivity index (χ1) is 13.2. The predicted octanol–water partition coefficient (Wildman–Crippen LogP) is 3.69. The van der Waals surface area contributed by atoms with Gasteiger partial charge < -0.3 is 16.0 Å². The van der Waals surface area contributed by atoms with Crippen molar-refractivity contribution in [3.05, 3.63) is 35.9 Å². The number of hydrogen-bond donors (Lipinski definition) is 2. The zero-order valence-electron chi connectivity index (χ0n) is 15.3. The molecule has 2 aromatic rings. The summed E-state index contributed by atoms with van der Waals surface area (Å²) in [6.45, 7) is 0.591. The molecule has 142 valence electrons. The van der Waals surface area contributed by atoms with E-state index in [0.29, 0.717) is 23.2 Å². The number of aromatic nitrogens is 2. The van der Waals surface area contributed by atoms with Crippen LogP contribution in [0.2, 0.25) is 0 Å². The molecule has 2 heterocycles. The van der Waals surface area contributed by atoms with E-state index in [9.17, 15) is 4.79 Å². The smallest absolute Gasteiger partial charge is 0.191 e. The Balaban J connectivity index is 1.55. The van der Waals surface area contributed by atoms with Crippen LogP contribution in [0, 0.1) is 5.92 Å². The van der Waals surface area contributed by atoms with Gasteiger partial charge in [0, 0.05) is 12.3 Å². The minimum absolute atomic E-state index is 0.411. The van der Waals surface area contributed by atoms with Gasteiger partial charge in [-0.25, -0.2) is 9.97 Å². The highest BCUT2D eigenvalue weighted by Gasteiger charge is 2.32. The van der Waals surface area contributed by atoms with Crippen molar-refractivity contribution >= 4 is 35.4 Å². The molecule has 1 saturated carbocycles. The Hall–Kier alpha value is -2.28. The fraction of sp³-hybridized carbons (Fsp3) is 0.450. The van der Waals surface area contributed by atoms with Crippen LogP contribution in [0.1, 0.15) is 37.7 Å². The molecule has 4 rings (SSSR count). The molecule has 1 aromatic heterocycles. The molecule has 1 aromatic carbocycles. The average molecular weight is 384 g/mol. The van der Waals surface area contributed by atoms with Crippen molar-refractivity contribution in [1.82, 2.24) is 9.97 Å². The number of anilines is 3. The second-order valence-electron chi connectivity index (χ2n) is 7.24. The molecule has 0 radical (unpaired) electrons. The van der Waals surface area contributed by atoms with Crippen LogP contribution in [-0.2, 0) is 11.3 Å². The quantitative estimate of drug-likeness (QED) is 0.447. The molecule has 0 saturated heterocycles. The second-order valence-corrected chi connectivity index (χ2v) is 8.23. The summed E-state index contributed by atoms with van der Waals surface area (Å²) in [6.07, 6.45) is 7.01. The first-order valence-corrected chi connectivity index (χ1v) is 10.6. The van der Waals surface area contributed by atoms with E-state index in [1.807, 2.05) is 35.2 Å². The fourth-order valence-electron chi connectivity index (χ4n) is 3.82. The Morgan fingerprint density at radius 3 is 2.70 bits per heavy atom. The molecule has 1 fully saturated rings. The number of aldehydes is 1. The number of fused-ring (bicyclic) bond motifs is 1. The number of carbonyl (C=O) groups is 1. The van der Waals surface area contributed by atoms with E-state index in [2.05, 4.69) is 10.3 Å². The van der Waals surface area contributed by atoms with Crippen molar-refractivity contribution in [3.8, 4) is 0 Å². The first-order valence-electron chi connectivity index (χ1n) is 9.57. The van der Waals surface area contributed by atoms with Crippen LogP contribution in [-0.4, -0.2) is 28.2 Å². The number of benzene rings is 1. The summed E-state index contributed by atoms with van der Waals surface area (Å²) in [5.74, 6) is 2.90. The lowest BCUT2D eigenvalue weighted by Crippen LogP contribution is -2.36. The lowest BCUT2D eigenvalue weighted by molar-refractivity contribution is -0.108. The summed E-state index contributed by atoms with van der Waals surface area (Å²) in [5, 5.41) is 3.85. The number of rotatable bonds is 6. The Labute approximate surface area is 163 Å². The van der Waals surface area contributed by atoms with Crippen LogP contribution in [0.15, 0.2) is 35.5 Å². The molecule has 7 heteroatoms. The van der Waals surface area contributed by atoms with E-state index >= 15 is 0 Å². The molecule has 1 atom stereocenters. The highest BCUT2D eigenvalue weighted by Crippen LogP contribution is 2.39. The van der Waals surface area contributed by atoms with Crippen molar-refractivity contribution in [3.63, 3.8) is 0 Å². The zero-order valence-corrected chi connectivity index (χ0v) is 16.1. The van der Waals surface area contributed by atoms with E-state index in [-0.39, 0.29) is 0 Å². The minimum atomic E-state index is -0.476. The van der Waals surface area contributed by atoms with Crippen LogP contribution in [0.5, 0.6) is 0 Å². The van der Waals surface area contributed by atoms with Gasteiger partial charge in [-0.2, -0.15) is 0 Å². The highest BCUT2D eigenvalue weighted by atomic mass is 32.2. The molecular formula is C20H25N5OS. The second kappa shape index (κ2) is 8.17. The summed E-state index contributed by atoms with van der Waals surface area (Å²) >= 11 is 1.68. The Bertz CT molecular complexity index is 794. The number of nitrogens with zero attached hydrogens (tertiary/aromatic N) is 3. The standard InChI is InChI=1S/C20H25N5OS/c21-18-17-19(24-20(23-18)27-13-15-9-5-2-6-10-15)25(16(12-26)22-17)11-14-7-3-1-4-8-14/h1,3-4,7-8,12,15-16,22H,2,5-6,9-11,13H2,(H2,21,23,24). The van der Waals surface area contributed by atoms with Crippen LogP contribution in [0.3, 0.4) is 0 Å². The first kappa shape index (κ1) is 18.1. The van der Waals surface area contributed by atoms with E-state index in [1.54, 1.807) is 11.8 Å².